The smallest absolute Gasteiger partial charge is 0.237 e. The summed E-state index contributed by atoms with van der Waals surface area (Å²) >= 11 is 14.1. The van der Waals surface area contributed by atoms with Gasteiger partial charge in [-0.25, -0.2) is 9.97 Å². The molecule has 0 unspecified atom stereocenters. The summed E-state index contributed by atoms with van der Waals surface area (Å²) in [5.74, 6) is 0.918. The van der Waals surface area contributed by atoms with Crippen LogP contribution in [0.5, 0.6) is 11.8 Å². The zero-order valence-corrected chi connectivity index (χ0v) is 27.7. The molecule has 4 heterocycles. The summed E-state index contributed by atoms with van der Waals surface area (Å²) < 4.78 is 11.2. The Balaban J connectivity index is 1.24. The highest BCUT2D eigenvalue weighted by atomic mass is 35.5. The molecule has 0 bridgehead atoms. The van der Waals surface area contributed by atoms with Gasteiger partial charge in [-0.15, -0.1) is 0 Å². The van der Waals surface area contributed by atoms with Crippen LogP contribution in [0, 0.1) is 0 Å². The fourth-order valence-corrected chi connectivity index (χ4v) is 6.63. The van der Waals surface area contributed by atoms with Crippen LogP contribution < -0.4 is 20.1 Å². The summed E-state index contributed by atoms with van der Waals surface area (Å²) in [6.45, 7) is 2.05. The molecule has 2 aromatic carbocycles. The molecular weight excluding hydrogens is 641 g/mol. The van der Waals surface area contributed by atoms with Gasteiger partial charge in [0.05, 0.1) is 54.6 Å². The molecule has 0 saturated carbocycles. The van der Waals surface area contributed by atoms with Gasteiger partial charge >= 0.3 is 0 Å². The summed E-state index contributed by atoms with van der Waals surface area (Å²) in [5.41, 5.74) is 5.31. The molecule has 0 radical (unpaired) electrons. The van der Waals surface area contributed by atoms with Gasteiger partial charge in [0.2, 0.25) is 23.6 Å². The lowest BCUT2D eigenvalue weighted by Gasteiger charge is -2.26. The van der Waals surface area contributed by atoms with Gasteiger partial charge in [-0.1, -0.05) is 59.6 Å². The van der Waals surface area contributed by atoms with E-state index in [0.717, 1.165) is 42.6 Å². The molecule has 0 aliphatic carbocycles. The van der Waals surface area contributed by atoms with E-state index in [0.29, 0.717) is 82.5 Å². The number of ether oxygens (including phenoxy) is 2. The Morgan fingerprint density at radius 1 is 0.851 bits per heavy atom. The van der Waals surface area contributed by atoms with Crippen LogP contribution in [-0.4, -0.2) is 76.5 Å². The summed E-state index contributed by atoms with van der Waals surface area (Å²) in [5, 5.41) is 6.76. The third kappa shape index (κ3) is 7.32. The van der Waals surface area contributed by atoms with Gasteiger partial charge in [-0.05, 0) is 25.7 Å². The van der Waals surface area contributed by atoms with Gasteiger partial charge in [0.1, 0.15) is 11.4 Å². The second kappa shape index (κ2) is 14.6. The Hall–Kier alpha value is -4.32. The van der Waals surface area contributed by atoms with Crippen molar-refractivity contribution in [2.75, 3.05) is 33.9 Å². The standard InChI is InChI=1S/C34H35Cl2N7O4/c1-46-33-25(11-3-6-20-12-13-29(44)40-20)38-16-26(41-33)23-9-4-7-21(31(23)35)22-8-5-10-24(32(22)36)27-17-39-28(34(42-27)47-2)18-43-15-14-37-30(45)19-43/h4-5,7-10,16-17,20H,3,6,11-15,18-19H2,1-2H3,(H,37,45)(H,40,44)/t20-/m1/s1. The molecule has 244 valence electrons. The molecule has 2 N–H and O–H groups in total. The average Bonchev–Trinajstić information content (AvgIpc) is 3.50. The minimum Gasteiger partial charge on any atom is -0.480 e. The van der Waals surface area contributed by atoms with Crippen LogP contribution in [0.25, 0.3) is 33.6 Å². The Kier molecular flexibility index (Phi) is 10.1. The number of methoxy groups -OCH3 is 2. The van der Waals surface area contributed by atoms with E-state index in [9.17, 15) is 9.59 Å². The minimum absolute atomic E-state index is 0.0162. The molecule has 2 aromatic heterocycles. The maximum absolute atomic E-state index is 11.8. The lowest BCUT2D eigenvalue weighted by Crippen LogP contribution is -2.47. The molecule has 11 nitrogen and oxygen atoms in total. The third-order valence-electron chi connectivity index (χ3n) is 8.39. The predicted octanol–water partition coefficient (Wildman–Crippen LogP) is 5.12. The van der Waals surface area contributed by atoms with Crippen molar-refractivity contribution in [3.05, 3.63) is 70.2 Å². The third-order valence-corrected chi connectivity index (χ3v) is 9.21. The molecular formula is C34H35Cl2N7O4. The number of rotatable bonds is 11. The number of nitrogens with zero attached hydrogens (tertiary/aromatic N) is 5. The van der Waals surface area contributed by atoms with Crippen LogP contribution in [0.4, 0.5) is 0 Å². The van der Waals surface area contributed by atoms with Gasteiger partial charge in [0.25, 0.3) is 0 Å². The predicted molar refractivity (Wildman–Crippen MR) is 179 cm³/mol. The van der Waals surface area contributed by atoms with E-state index in [1.165, 1.54) is 0 Å². The number of benzene rings is 2. The number of hydrogen-bond donors (Lipinski definition) is 2. The number of aryl methyl sites for hydroxylation is 1. The van der Waals surface area contributed by atoms with Gasteiger partial charge in [-0.3, -0.25) is 24.5 Å². The minimum atomic E-state index is -0.0162. The average molecular weight is 677 g/mol. The zero-order chi connectivity index (χ0) is 32.9. The number of amides is 2. The molecule has 2 aliphatic heterocycles. The molecule has 4 aromatic rings. The highest BCUT2D eigenvalue weighted by Gasteiger charge is 2.23. The highest BCUT2D eigenvalue weighted by Crippen LogP contribution is 2.42. The molecule has 6 rings (SSSR count). The summed E-state index contributed by atoms with van der Waals surface area (Å²) in [6.07, 6.45) is 7.26. The maximum atomic E-state index is 11.8. The van der Waals surface area contributed by atoms with Crippen molar-refractivity contribution >= 4 is 35.0 Å². The maximum Gasteiger partial charge on any atom is 0.237 e. The van der Waals surface area contributed by atoms with Gasteiger partial charge in [0, 0.05) is 54.4 Å². The first kappa shape index (κ1) is 32.6. The van der Waals surface area contributed by atoms with Crippen molar-refractivity contribution in [2.45, 2.75) is 44.7 Å². The van der Waals surface area contributed by atoms with Crippen LogP contribution in [0.3, 0.4) is 0 Å². The normalized spacial score (nSPS) is 16.6. The molecule has 47 heavy (non-hydrogen) atoms. The number of aromatic nitrogens is 4. The first-order valence-corrected chi connectivity index (χ1v) is 16.3. The van der Waals surface area contributed by atoms with E-state index in [2.05, 4.69) is 20.6 Å². The number of carbonyl (C=O) groups excluding carboxylic acids is 2. The molecule has 1 atom stereocenters. The van der Waals surface area contributed by atoms with Gasteiger partial charge < -0.3 is 20.1 Å². The summed E-state index contributed by atoms with van der Waals surface area (Å²) in [4.78, 5) is 44.1. The number of piperazine rings is 1. The molecule has 2 amide bonds. The first-order valence-electron chi connectivity index (χ1n) is 15.5. The fraction of sp³-hybridized carbons (Fsp3) is 0.353. The monoisotopic (exact) mass is 675 g/mol. The van der Waals surface area contributed by atoms with Crippen LogP contribution in [0.2, 0.25) is 10.0 Å². The number of nitrogens with one attached hydrogen (secondary N) is 2. The van der Waals surface area contributed by atoms with E-state index >= 15 is 0 Å². The van der Waals surface area contributed by atoms with Crippen molar-refractivity contribution < 1.29 is 19.1 Å². The second-order valence-corrected chi connectivity index (χ2v) is 12.3. The Morgan fingerprint density at radius 3 is 2.02 bits per heavy atom. The van der Waals surface area contributed by atoms with Crippen molar-refractivity contribution in [1.82, 2.24) is 35.5 Å². The van der Waals surface area contributed by atoms with E-state index in [-0.39, 0.29) is 17.9 Å². The lowest BCUT2D eigenvalue weighted by atomic mass is 9.98. The van der Waals surface area contributed by atoms with Crippen molar-refractivity contribution in [3.8, 4) is 45.4 Å². The SMILES string of the molecule is COc1nc(-c2cccc(-c3cccc(-c4cnc(CN5CCNC(=O)C5)c(OC)n4)c3Cl)c2Cl)cnc1CCC[C@@H]1CCC(=O)N1. The highest BCUT2D eigenvalue weighted by molar-refractivity contribution is 6.39. The lowest BCUT2D eigenvalue weighted by molar-refractivity contribution is -0.124. The Labute approximate surface area is 283 Å². The van der Waals surface area contributed by atoms with Crippen molar-refractivity contribution in [3.63, 3.8) is 0 Å². The molecule has 2 aliphatic rings. The zero-order valence-electron chi connectivity index (χ0n) is 26.2. The molecule has 0 spiro atoms. The number of halogens is 2. The Morgan fingerprint density at radius 2 is 1.45 bits per heavy atom. The van der Waals surface area contributed by atoms with Crippen molar-refractivity contribution in [1.29, 1.82) is 0 Å². The number of hydrogen-bond acceptors (Lipinski definition) is 9. The van der Waals surface area contributed by atoms with Crippen molar-refractivity contribution in [2.24, 2.45) is 0 Å². The van der Waals surface area contributed by atoms with Gasteiger partial charge in [0.15, 0.2) is 0 Å². The summed E-state index contributed by atoms with van der Waals surface area (Å²) in [7, 11) is 3.12. The topological polar surface area (TPSA) is 131 Å². The van der Waals surface area contributed by atoms with E-state index < -0.39 is 0 Å². The van der Waals surface area contributed by atoms with Crippen LogP contribution in [-0.2, 0) is 22.6 Å². The fourth-order valence-electron chi connectivity index (χ4n) is 5.98. The van der Waals surface area contributed by atoms with Crippen LogP contribution >= 0.6 is 23.2 Å². The molecule has 2 fully saturated rings. The Bertz CT molecular complexity index is 1800. The molecule has 2 saturated heterocycles. The number of carbonyl (C=O) groups is 2. The second-order valence-electron chi connectivity index (χ2n) is 11.5. The first-order chi connectivity index (χ1) is 22.8. The quantitative estimate of drug-likeness (QED) is 0.222. The largest absolute Gasteiger partial charge is 0.480 e. The van der Waals surface area contributed by atoms with Gasteiger partial charge in [-0.2, -0.15) is 0 Å². The van der Waals surface area contributed by atoms with E-state index in [4.69, 9.17) is 42.6 Å². The van der Waals surface area contributed by atoms with Crippen LogP contribution in [0.15, 0.2) is 48.8 Å². The van der Waals surface area contributed by atoms with E-state index in [1.807, 2.05) is 41.3 Å². The molecule has 13 heteroatoms. The van der Waals surface area contributed by atoms with E-state index in [1.54, 1.807) is 26.6 Å². The van der Waals surface area contributed by atoms with Crippen LogP contribution in [0.1, 0.15) is 37.1 Å². The summed E-state index contributed by atoms with van der Waals surface area (Å²) in [6, 6.07) is 11.6.